The van der Waals surface area contributed by atoms with Gasteiger partial charge in [0, 0.05) is 24.3 Å². The number of fused-ring (bicyclic) bond motifs is 3. The molecule has 8 nitrogen and oxygen atoms in total. The first-order chi connectivity index (χ1) is 12.6. The Morgan fingerprint density at radius 1 is 1.08 bits per heavy atom. The van der Waals surface area contributed by atoms with Gasteiger partial charge in [-0.3, -0.25) is 4.40 Å². The second-order valence-corrected chi connectivity index (χ2v) is 5.93. The number of nitrogen functional groups attached to an aromatic ring is 1. The zero-order chi connectivity index (χ0) is 18.3. The van der Waals surface area contributed by atoms with Crippen molar-refractivity contribution in [2.45, 2.75) is 0 Å². The van der Waals surface area contributed by atoms with Gasteiger partial charge in [-0.1, -0.05) is 0 Å². The molecule has 0 saturated heterocycles. The Labute approximate surface area is 148 Å². The lowest BCUT2D eigenvalue weighted by Crippen LogP contribution is -2.15. The summed E-state index contributed by atoms with van der Waals surface area (Å²) in [5.74, 6) is 0.238. The van der Waals surface area contributed by atoms with Crippen molar-refractivity contribution in [3.05, 3.63) is 42.6 Å². The molecular formula is C18H18N6O2. The standard InChI is InChI=1S/C18H18N6O2/c19-5-6-21-17-18-22-9-14(10-1-4-15(25)16(26)7-10)24(18)13-8-11(20)2-3-12(13)23-17/h1-4,7-9,25-26H,5-6,19-20H2,(H,21,23). The van der Waals surface area contributed by atoms with Crippen LogP contribution in [0.2, 0.25) is 0 Å². The maximum atomic E-state index is 9.86. The minimum atomic E-state index is -0.197. The Kier molecular flexibility index (Phi) is 3.74. The van der Waals surface area contributed by atoms with Crippen LogP contribution in [0.1, 0.15) is 0 Å². The number of nitrogens with zero attached hydrogens (tertiary/aromatic N) is 3. The van der Waals surface area contributed by atoms with Crippen LogP contribution in [0.3, 0.4) is 0 Å². The van der Waals surface area contributed by atoms with E-state index in [0.29, 0.717) is 35.8 Å². The molecule has 0 radical (unpaired) electrons. The zero-order valence-corrected chi connectivity index (χ0v) is 13.8. The minimum absolute atomic E-state index is 0.177. The van der Waals surface area contributed by atoms with E-state index in [0.717, 1.165) is 16.7 Å². The highest BCUT2D eigenvalue weighted by molar-refractivity contribution is 5.88. The van der Waals surface area contributed by atoms with Crippen LogP contribution in [0, 0.1) is 0 Å². The molecule has 0 aliphatic rings. The molecule has 4 rings (SSSR count). The van der Waals surface area contributed by atoms with Gasteiger partial charge in [-0.15, -0.1) is 0 Å². The fraction of sp³-hybridized carbons (Fsp3) is 0.111. The van der Waals surface area contributed by atoms with Crippen LogP contribution in [0.4, 0.5) is 11.5 Å². The summed E-state index contributed by atoms with van der Waals surface area (Å²) in [6.07, 6.45) is 1.69. The molecule has 0 aliphatic heterocycles. The predicted octanol–water partition coefficient (Wildman–Crippen LogP) is 1.91. The van der Waals surface area contributed by atoms with Crippen molar-refractivity contribution in [3.8, 4) is 22.8 Å². The highest BCUT2D eigenvalue weighted by Crippen LogP contribution is 2.33. The lowest BCUT2D eigenvalue weighted by Gasteiger charge is -2.12. The molecule has 0 atom stereocenters. The fourth-order valence-corrected chi connectivity index (χ4v) is 2.94. The van der Waals surface area contributed by atoms with Crippen molar-refractivity contribution < 1.29 is 10.2 Å². The molecule has 2 aromatic heterocycles. The van der Waals surface area contributed by atoms with Gasteiger partial charge in [-0.2, -0.15) is 0 Å². The predicted molar refractivity (Wildman–Crippen MR) is 101 cm³/mol. The number of hydrogen-bond acceptors (Lipinski definition) is 7. The summed E-state index contributed by atoms with van der Waals surface area (Å²) in [5, 5.41) is 22.6. The van der Waals surface area contributed by atoms with Crippen molar-refractivity contribution >= 4 is 28.2 Å². The third-order valence-corrected chi connectivity index (χ3v) is 4.15. The van der Waals surface area contributed by atoms with Gasteiger partial charge in [0.15, 0.2) is 23.0 Å². The van der Waals surface area contributed by atoms with E-state index in [1.807, 2.05) is 16.5 Å². The number of phenols is 2. The average Bonchev–Trinajstić information content (AvgIpc) is 3.08. The molecule has 8 heteroatoms. The highest BCUT2D eigenvalue weighted by atomic mass is 16.3. The average molecular weight is 350 g/mol. The van der Waals surface area contributed by atoms with E-state index in [-0.39, 0.29) is 11.5 Å². The number of nitrogens with two attached hydrogens (primary N) is 2. The normalized spacial score (nSPS) is 11.3. The zero-order valence-electron chi connectivity index (χ0n) is 13.8. The van der Waals surface area contributed by atoms with Crippen LogP contribution < -0.4 is 16.8 Å². The molecule has 26 heavy (non-hydrogen) atoms. The molecule has 2 heterocycles. The van der Waals surface area contributed by atoms with Gasteiger partial charge in [0.05, 0.1) is 22.9 Å². The lowest BCUT2D eigenvalue weighted by molar-refractivity contribution is 0.404. The number of anilines is 2. The molecule has 0 amide bonds. The quantitative estimate of drug-likeness (QED) is 0.280. The molecule has 2 aromatic carbocycles. The summed E-state index contributed by atoms with van der Waals surface area (Å²) in [6.45, 7) is 1.03. The maximum absolute atomic E-state index is 9.86. The van der Waals surface area contributed by atoms with Crippen molar-refractivity contribution in [2.24, 2.45) is 5.73 Å². The highest BCUT2D eigenvalue weighted by Gasteiger charge is 2.15. The van der Waals surface area contributed by atoms with Crippen LogP contribution in [-0.2, 0) is 0 Å². The van der Waals surface area contributed by atoms with Crippen LogP contribution in [0.25, 0.3) is 27.9 Å². The number of benzene rings is 2. The van der Waals surface area contributed by atoms with Gasteiger partial charge < -0.3 is 27.0 Å². The number of hydrogen-bond donors (Lipinski definition) is 5. The first-order valence-electron chi connectivity index (χ1n) is 8.11. The Balaban J connectivity index is 2.05. The summed E-state index contributed by atoms with van der Waals surface area (Å²) < 4.78 is 1.92. The van der Waals surface area contributed by atoms with E-state index in [4.69, 9.17) is 11.5 Å². The van der Waals surface area contributed by atoms with E-state index < -0.39 is 0 Å². The van der Waals surface area contributed by atoms with Gasteiger partial charge in [0.25, 0.3) is 0 Å². The second kappa shape index (κ2) is 6.08. The Hall–Kier alpha value is -3.52. The number of aromatic hydroxyl groups is 2. The van der Waals surface area contributed by atoms with Gasteiger partial charge >= 0.3 is 0 Å². The third kappa shape index (κ3) is 2.52. The minimum Gasteiger partial charge on any atom is -0.504 e. The van der Waals surface area contributed by atoms with Crippen molar-refractivity contribution in [2.75, 3.05) is 24.1 Å². The van der Waals surface area contributed by atoms with Crippen LogP contribution in [0.15, 0.2) is 42.6 Å². The summed E-state index contributed by atoms with van der Waals surface area (Å²) in [6, 6.07) is 10.1. The van der Waals surface area contributed by atoms with Gasteiger partial charge in [0.2, 0.25) is 0 Å². The summed E-state index contributed by atoms with van der Waals surface area (Å²) in [5.41, 5.74) is 15.8. The first-order valence-corrected chi connectivity index (χ1v) is 8.11. The van der Waals surface area contributed by atoms with E-state index in [9.17, 15) is 10.2 Å². The van der Waals surface area contributed by atoms with Crippen LogP contribution >= 0.6 is 0 Å². The van der Waals surface area contributed by atoms with Crippen LogP contribution in [-0.4, -0.2) is 37.7 Å². The second-order valence-electron chi connectivity index (χ2n) is 5.93. The molecule has 0 unspecified atom stereocenters. The SMILES string of the molecule is NCCNc1nc2ccc(N)cc2n2c(-c3ccc(O)c(O)c3)cnc12. The fourth-order valence-electron chi connectivity index (χ4n) is 2.94. The molecule has 0 saturated carbocycles. The summed E-state index contributed by atoms with van der Waals surface area (Å²) in [7, 11) is 0. The number of imidazole rings is 1. The lowest BCUT2D eigenvalue weighted by atomic mass is 10.1. The van der Waals surface area contributed by atoms with Crippen molar-refractivity contribution in [1.29, 1.82) is 0 Å². The Bertz CT molecular complexity index is 1120. The van der Waals surface area contributed by atoms with E-state index in [1.54, 1.807) is 18.3 Å². The Morgan fingerprint density at radius 2 is 1.92 bits per heavy atom. The molecule has 4 aromatic rings. The molecule has 7 N–H and O–H groups in total. The van der Waals surface area contributed by atoms with E-state index in [2.05, 4.69) is 15.3 Å². The van der Waals surface area contributed by atoms with Gasteiger partial charge in [-0.25, -0.2) is 9.97 Å². The van der Waals surface area contributed by atoms with Crippen molar-refractivity contribution in [3.63, 3.8) is 0 Å². The van der Waals surface area contributed by atoms with E-state index >= 15 is 0 Å². The molecule has 0 spiro atoms. The van der Waals surface area contributed by atoms with Crippen molar-refractivity contribution in [1.82, 2.24) is 14.4 Å². The number of phenolic OH excluding ortho intramolecular Hbond substituents is 2. The Morgan fingerprint density at radius 3 is 2.69 bits per heavy atom. The molecular weight excluding hydrogens is 332 g/mol. The third-order valence-electron chi connectivity index (χ3n) is 4.15. The molecule has 132 valence electrons. The first kappa shape index (κ1) is 16.0. The topological polar surface area (TPSA) is 135 Å². The van der Waals surface area contributed by atoms with Crippen LogP contribution in [0.5, 0.6) is 11.5 Å². The monoisotopic (exact) mass is 350 g/mol. The largest absolute Gasteiger partial charge is 0.504 e. The van der Waals surface area contributed by atoms with E-state index in [1.165, 1.54) is 12.1 Å². The summed E-state index contributed by atoms with van der Waals surface area (Å²) in [4.78, 5) is 9.12. The molecule has 0 aliphatic carbocycles. The van der Waals surface area contributed by atoms with Gasteiger partial charge in [0.1, 0.15) is 0 Å². The molecule has 0 bridgehead atoms. The van der Waals surface area contributed by atoms with Gasteiger partial charge in [-0.05, 0) is 36.4 Å². The number of aromatic nitrogens is 3. The summed E-state index contributed by atoms with van der Waals surface area (Å²) >= 11 is 0. The number of nitrogens with one attached hydrogen (secondary N) is 1. The molecule has 0 fully saturated rings. The maximum Gasteiger partial charge on any atom is 0.181 e. The number of rotatable bonds is 4. The smallest absolute Gasteiger partial charge is 0.181 e.